The van der Waals surface area contributed by atoms with Crippen LogP contribution in [0.5, 0.6) is 0 Å². The number of hydrogen-bond acceptors (Lipinski definition) is 6. The maximum atomic E-state index is 11.4. The second-order valence-electron chi connectivity index (χ2n) is 4.12. The predicted molar refractivity (Wildman–Crippen MR) is 71.3 cm³/mol. The van der Waals surface area contributed by atoms with Crippen molar-refractivity contribution in [1.29, 1.82) is 0 Å². The molecule has 0 radical (unpaired) electrons. The average molecular weight is 273 g/mol. The number of aromatic nitrogens is 3. The van der Waals surface area contributed by atoms with Crippen LogP contribution in [-0.2, 0) is 17.8 Å². The van der Waals surface area contributed by atoms with Gasteiger partial charge in [-0.3, -0.25) is 4.79 Å². The van der Waals surface area contributed by atoms with E-state index >= 15 is 0 Å². The summed E-state index contributed by atoms with van der Waals surface area (Å²) in [4.78, 5) is 25.8. The molecule has 3 rings (SSSR count). The summed E-state index contributed by atoms with van der Waals surface area (Å²) < 4.78 is 0. The minimum absolute atomic E-state index is 0.418. The molecule has 19 heavy (non-hydrogen) atoms. The highest BCUT2D eigenvalue weighted by Crippen LogP contribution is 2.27. The number of carbonyl (C=O) groups is 1. The van der Waals surface area contributed by atoms with Gasteiger partial charge in [0.1, 0.15) is 17.2 Å². The summed E-state index contributed by atoms with van der Waals surface area (Å²) in [6.07, 6.45) is 7.19. The van der Waals surface area contributed by atoms with E-state index in [0.717, 1.165) is 16.4 Å². The first kappa shape index (κ1) is 11.8. The fourth-order valence-electron chi connectivity index (χ4n) is 1.98. The van der Waals surface area contributed by atoms with Crippen LogP contribution in [-0.4, -0.2) is 20.9 Å². The Labute approximate surface area is 113 Å². The number of hydrogen-bond donors (Lipinski definition) is 1. The lowest BCUT2D eigenvalue weighted by atomic mass is 10.0. The molecule has 2 aromatic heterocycles. The first-order valence-electron chi connectivity index (χ1n) is 5.68. The fraction of sp³-hybridized carbons (Fsp3) is 0.167. The summed E-state index contributed by atoms with van der Waals surface area (Å²) in [7, 11) is 0. The van der Waals surface area contributed by atoms with Gasteiger partial charge in [0.25, 0.3) is 0 Å². The van der Waals surface area contributed by atoms with Crippen LogP contribution in [0.1, 0.15) is 10.6 Å². The molecule has 0 atom stereocenters. The van der Waals surface area contributed by atoms with E-state index in [1.165, 1.54) is 6.33 Å². The van der Waals surface area contributed by atoms with Crippen molar-refractivity contribution >= 4 is 23.1 Å². The van der Waals surface area contributed by atoms with Crippen LogP contribution >= 0.6 is 11.3 Å². The van der Waals surface area contributed by atoms with Crippen molar-refractivity contribution in [3.8, 4) is 0 Å². The van der Waals surface area contributed by atoms with Gasteiger partial charge in [0.05, 0.1) is 6.54 Å². The van der Waals surface area contributed by atoms with Crippen LogP contribution < -0.4 is 10.6 Å². The van der Waals surface area contributed by atoms with Crippen LogP contribution in [0.25, 0.3) is 0 Å². The van der Waals surface area contributed by atoms with Crippen molar-refractivity contribution in [2.75, 3.05) is 4.90 Å². The second kappa shape index (κ2) is 4.77. The zero-order chi connectivity index (χ0) is 13.2. The first-order valence-corrected chi connectivity index (χ1v) is 6.56. The molecule has 0 unspecified atom stereocenters. The molecule has 1 aliphatic rings. The van der Waals surface area contributed by atoms with Gasteiger partial charge in [-0.2, -0.15) is 0 Å². The fourth-order valence-corrected chi connectivity index (χ4v) is 2.60. The number of carbonyl (C=O) groups excluding carboxylic acids is 1. The molecule has 0 aromatic carbocycles. The molecule has 0 bridgehead atoms. The largest absolute Gasteiger partial charge is 0.366 e. The molecule has 0 saturated heterocycles. The topological polar surface area (TPSA) is 85.0 Å². The smallest absolute Gasteiger partial charge is 0.246 e. The third-order valence-electron chi connectivity index (χ3n) is 2.83. The minimum atomic E-state index is -0.418. The number of thiazole rings is 1. The van der Waals surface area contributed by atoms with E-state index in [1.54, 1.807) is 29.9 Å². The lowest BCUT2D eigenvalue weighted by molar-refractivity contribution is -0.114. The summed E-state index contributed by atoms with van der Waals surface area (Å²) in [6.45, 7) is 0.568. The molecule has 0 saturated carbocycles. The predicted octanol–water partition coefficient (Wildman–Crippen LogP) is 0.865. The van der Waals surface area contributed by atoms with E-state index < -0.39 is 5.91 Å². The second-order valence-corrected chi connectivity index (χ2v) is 5.10. The molecule has 1 amide bonds. The van der Waals surface area contributed by atoms with Crippen molar-refractivity contribution in [2.45, 2.75) is 13.0 Å². The molecule has 0 aliphatic carbocycles. The summed E-state index contributed by atoms with van der Waals surface area (Å²) >= 11 is 1.56. The van der Waals surface area contributed by atoms with Gasteiger partial charge >= 0.3 is 0 Å². The summed E-state index contributed by atoms with van der Waals surface area (Å²) in [6, 6.07) is 0. The maximum Gasteiger partial charge on any atom is 0.246 e. The molecular formula is C12H11N5OS. The third kappa shape index (κ3) is 2.32. The van der Waals surface area contributed by atoms with E-state index in [2.05, 4.69) is 15.0 Å². The standard InChI is InChI=1S/C12H11N5OS/c13-11(18)9-3-8-4-14-7-16-12(8)17(5-9)6-10-15-1-2-19-10/h1-2,4-5,7H,3,6H2,(H2,13,18). The van der Waals surface area contributed by atoms with Gasteiger partial charge in [0.15, 0.2) is 0 Å². The van der Waals surface area contributed by atoms with E-state index in [4.69, 9.17) is 5.73 Å². The summed E-state index contributed by atoms with van der Waals surface area (Å²) in [5.74, 6) is 0.383. The SMILES string of the molecule is NC(=O)C1=CN(Cc2nccs2)c2ncncc2C1. The number of primary amides is 1. The first-order chi connectivity index (χ1) is 9.24. The normalized spacial score (nSPS) is 13.9. The van der Waals surface area contributed by atoms with Gasteiger partial charge < -0.3 is 10.6 Å². The van der Waals surface area contributed by atoms with Gasteiger partial charge in [0.2, 0.25) is 5.91 Å². The van der Waals surface area contributed by atoms with Crippen LogP contribution in [0.2, 0.25) is 0 Å². The van der Waals surface area contributed by atoms with Crippen molar-refractivity contribution in [2.24, 2.45) is 5.73 Å². The number of fused-ring (bicyclic) bond motifs is 1. The molecular weight excluding hydrogens is 262 g/mol. The highest BCUT2D eigenvalue weighted by molar-refractivity contribution is 7.09. The summed E-state index contributed by atoms with van der Waals surface area (Å²) in [5.41, 5.74) is 6.83. The molecule has 3 heterocycles. The van der Waals surface area contributed by atoms with Crippen molar-refractivity contribution in [1.82, 2.24) is 15.0 Å². The monoisotopic (exact) mass is 273 g/mol. The average Bonchev–Trinajstić information content (AvgIpc) is 2.91. The van der Waals surface area contributed by atoms with E-state index in [0.29, 0.717) is 18.5 Å². The molecule has 96 valence electrons. The molecule has 6 nitrogen and oxygen atoms in total. The number of anilines is 1. The van der Waals surface area contributed by atoms with E-state index in [1.807, 2.05) is 10.3 Å². The van der Waals surface area contributed by atoms with Crippen LogP contribution in [0.3, 0.4) is 0 Å². The van der Waals surface area contributed by atoms with E-state index in [-0.39, 0.29) is 0 Å². The minimum Gasteiger partial charge on any atom is -0.366 e. The number of amides is 1. The lowest BCUT2D eigenvalue weighted by Crippen LogP contribution is -2.28. The highest BCUT2D eigenvalue weighted by Gasteiger charge is 2.22. The van der Waals surface area contributed by atoms with Crippen molar-refractivity contribution in [3.63, 3.8) is 0 Å². The zero-order valence-electron chi connectivity index (χ0n) is 9.98. The third-order valence-corrected chi connectivity index (χ3v) is 3.60. The molecule has 7 heteroatoms. The highest BCUT2D eigenvalue weighted by atomic mass is 32.1. The number of nitrogens with two attached hydrogens (primary N) is 1. The van der Waals surface area contributed by atoms with Crippen molar-refractivity contribution in [3.05, 3.63) is 46.4 Å². The van der Waals surface area contributed by atoms with Gasteiger partial charge in [-0.15, -0.1) is 11.3 Å². The van der Waals surface area contributed by atoms with Gasteiger partial charge in [-0.25, -0.2) is 15.0 Å². The van der Waals surface area contributed by atoms with E-state index in [9.17, 15) is 4.79 Å². The Bertz CT molecular complexity index is 637. The quantitative estimate of drug-likeness (QED) is 0.896. The molecule has 2 aromatic rings. The molecule has 1 aliphatic heterocycles. The Morgan fingerprint density at radius 1 is 1.47 bits per heavy atom. The van der Waals surface area contributed by atoms with Gasteiger partial charge in [-0.1, -0.05) is 0 Å². The van der Waals surface area contributed by atoms with Gasteiger partial charge in [0, 0.05) is 41.5 Å². The van der Waals surface area contributed by atoms with Crippen LogP contribution in [0.4, 0.5) is 5.82 Å². The molecule has 0 fully saturated rings. The Morgan fingerprint density at radius 2 is 2.37 bits per heavy atom. The molecule has 0 spiro atoms. The van der Waals surface area contributed by atoms with Gasteiger partial charge in [-0.05, 0) is 0 Å². The Hall–Kier alpha value is -2.28. The number of nitrogens with zero attached hydrogens (tertiary/aromatic N) is 4. The lowest BCUT2D eigenvalue weighted by Gasteiger charge is -2.26. The molecule has 2 N–H and O–H groups in total. The Kier molecular flexibility index (Phi) is 2.96. The maximum absolute atomic E-state index is 11.4. The summed E-state index contributed by atoms with van der Waals surface area (Å²) in [5, 5.41) is 2.87. The van der Waals surface area contributed by atoms with Crippen LogP contribution in [0.15, 0.2) is 35.9 Å². The van der Waals surface area contributed by atoms with Crippen LogP contribution in [0, 0.1) is 0 Å². The Morgan fingerprint density at radius 3 is 3.11 bits per heavy atom. The van der Waals surface area contributed by atoms with Crippen molar-refractivity contribution < 1.29 is 4.79 Å². The number of rotatable bonds is 3. The zero-order valence-corrected chi connectivity index (χ0v) is 10.8. The Balaban J connectivity index is 1.98.